The summed E-state index contributed by atoms with van der Waals surface area (Å²) in [5.41, 5.74) is 0.511. The third-order valence-corrected chi connectivity index (χ3v) is 6.53. The predicted octanol–water partition coefficient (Wildman–Crippen LogP) is 2.74. The SMILES string of the molecule is CC(=O)c1cc(CC(=O)N2CC[C@]3(CCCN(C(C)C)C3=O)C2)cs1. The molecule has 0 aliphatic carbocycles. The minimum Gasteiger partial charge on any atom is -0.341 e. The topological polar surface area (TPSA) is 57.7 Å². The number of piperidine rings is 1. The van der Waals surface area contributed by atoms with E-state index < -0.39 is 0 Å². The molecule has 0 N–H and O–H groups in total. The summed E-state index contributed by atoms with van der Waals surface area (Å²) in [6.45, 7) is 7.67. The van der Waals surface area contributed by atoms with Crippen LogP contribution in [0.2, 0.25) is 0 Å². The molecule has 1 atom stereocenters. The fraction of sp³-hybridized carbons (Fsp3) is 0.632. The molecule has 0 aromatic carbocycles. The van der Waals surface area contributed by atoms with E-state index in [1.165, 1.54) is 18.3 Å². The van der Waals surface area contributed by atoms with E-state index in [4.69, 9.17) is 0 Å². The average Bonchev–Trinajstić information content (AvgIpc) is 3.18. The number of ketones is 1. The first-order valence-electron chi connectivity index (χ1n) is 8.99. The van der Waals surface area contributed by atoms with E-state index in [9.17, 15) is 14.4 Å². The first kappa shape index (κ1) is 18.1. The van der Waals surface area contributed by atoms with E-state index in [-0.39, 0.29) is 29.1 Å². The van der Waals surface area contributed by atoms with Crippen LogP contribution in [0, 0.1) is 5.41 Å². The van der Waals surface area contributed by atoms with E-state index in [1.807, 2.05) is 21.2 Å². The van der Waals surface area contributed by atoms with Gasteiger partial charge in [0.1, 0.15) is 0 Å². The summed E-state index contributed by atoms with van der Waals surface area (Å²) in [6.07, 6.45) is 2.97. The maximum absolute atomic E-state index is 12.9. The lowest BCUT2D eigenvalue weighted by Crippen LogP contribution is -2.52. The minimum absolute atomic E-state index is 0.0328. The van der Waals surface area contributed by atoms with Crippen LogP contribution in [0.3, 0.4) is 0 Å². The number of rotatable bonds is 4. The standard InChI is InChI=1S/C19H26N2O3S/c1-13(2)21-7-4-5-19(18(21)24)6-8-20(12-19)17(23)10-15-9-16(14(3)22)25-11-15/h9,11,13H,4-8,10,12H2,1-3H3/t19-/m1/s1. The number of hydrogen-bond acceptors (Lipinski definition) is 4. The van der Waals surface area contributed by atoms with Gasteiger partial charge in [-0.05, 0) is 57.0 Å². The molecule has 2 aliphatic heterocycles. The van der Waals surface area contributed by atoms with Gasteiger partial charge in [0, 0.05) is 25.7 Å². The molecular formula is C19H26N2O3S. The fourth-order valence-corrected chi connectivity index (χ4v) is 4.81. The van der Waals surface area contributed by atoms with E-state index >= 15 is 0 Å². The van der Waals surface area contributed by atoms with Crippen LogP contribution in [0.25, 0.3) is 0 Å². The first-order chi connectivity index (χ1) is 11.8. The Morgan fingerprint density at radius 2 is 2.04 bits per heavy atom. The second kappa shape index (κ2) is 6.90. The van der Waals surface area contributed by atoms with Crippen molar-refractivity contribution >= 4 is 28.9 Å². The molecule has 2 saturated heterocycles. The van der Waals surface area contributed by atoms with Gasteiger partial charge in [-0.1, -0.05) is 0 Å². The first-order valence-corrected chi connectivity index (χ1v) is 9.87. The largest absolute Gasteiger partial charge is 0.341 e. The molecule has 136 valence electrons. The van der Waals surface area contributed by atoms with Crippen LogP contribution in [0.5, 0.6) is 0 Å². The highest BCUT2D eigenvalue weighted by molar-refractivity contribution is 7.12. The molecule has 1 aromatic rings. The highest BCUT2D eigenvalue weighted by Gasteiger charge is 2.49. The van der Waals surface area contributed by atoms with Crippen molar-refractivity contribution < 1.29 is 14.4 Å². The quantitative estimate of drug-likeness (QED) is 0.774. The van der Waals surface area contributed by atoms with Gasteiger partial charge >= 0.3 is 0 Å². The fourth-order valence-electron chi connectivity index (χ4n) is 4.00. The molecule has 5 nitrogen and oxygen atoms in total. The summed E-state index contributed by atoms with van der Waals surface area (Å²) in [4.78, 5) is 41.5. The lowest BCUT2D eigenvalue weighted by molar-refractivity contribution is -0.148. The van der Waals surface area contributed by atoms with Crippen LogP contribution in [0.1, 0.15) is 55.3 Å². The second-order valence-electron chi connectivity index (χ2n) is 7.59. The van der Waals surface area contributed by atoms with Gasteiger partial charge in [0.05, 0.1) is 16.7 Å². The predicted molar refractivity (Wildman–Crippen MR) is 97.7 cm³/mol. The van der Waals surface area contributed by atoms with Crippen molar-refractivity contribution in [3.63, 3.8) is 0 Å². The number of thiophene rings is 1. The summed E-state index contributed by atoms with van der Waals surface area (Å²) in [5, 5.41) is 1.88. The van der Waals surface area contributed by atoms with Crippen molar-refractivity contribution in [2.45, 2.75) is 52.5 Å². The second-order valence-corrected chi connectivity index (χ2v) is 8.50. The Labute approximate surface area is 153 Å². The Morgan fingerprint density at radius 3 is 2.68 bits per heavy atom. The normalized spacial score (nSPS) is 23.8. The lowest BCUT2D eigenvalue weighted by atomic mass is 9.78. The Balaban J connectivity index is 1.66. The molecule has 3 heterocycles. The number of likely N-dealkylation sites (tertiary alicyclic amines) is 2. The Bertz CT molecular complexity index is 697. The van der Waals surface area contributed by atoms with Gasteiger partial charge < -0.3 is 9.80 Å². The van der Waals surface area contributed by atoms with Crippen LogP contribution in [-0.2, 0) is 16.0 Å². The number of carbonyl (C=O) groups is 3. The van der Waals surface area contributed by atoms with Crippen molar-refractivity contribution in [1.82, 2.24) is 9.80 Å². The van der Waals surface area contributed by atoms with Gasteiger partial charge in [-0.15, -0.1) is 11.3 Å². The lowest BCUT2D eigenvalue weighted by Gasteiger charge is -2.41. The maximum atomic E-state index is 12.9. The van der Waals surface area contributed by atoms with Crippen LogP contribution in [0.4, 0.5) is 0 Å². The molecule has 0 radical (unpaired) electrons. The summed E-state index contributed by atoms with van der Waals surface area (Å²) < 4.78 is 0. The van der Waals surface area contributed by atoms with Crippen molar-refractivity contribution in [3.05, 3.63) is 21.9 Å². The van der Waals surface area contributed by atoms with Crippen LogP contribution in [0.15, 0.2) is 11.4 Å². The van der Waals surface area contributed by atoms with Crippen LogP contribution < -0.4 is 0 Å². The van der Waals surface area contributed by atoms with Crippen molar-refractivity contribution in [1.29, 1.82) is 0 Å². The summed E-state index contributed by atoms with van der Waals surface area (Å²) >= 11 is 1.39. The maximum Gasteiger partial charge on any atom is 0.230 e. The Morgan fingerprint density at radius 1 is 1.28 bits per heavy atom. The third-order valence-electron chi connectivity index (χ3n) is 5.45. The smallest absolute Gasteiger partial charge is 0.230 e. The number of hydrogen-bond donors (Lipinski definition) is 0. The highest BCUT2D eigenvalue weighted by atomic mass is 32.1. The summed E-state index contributed by atoms with van der Waals surface area (Å²) in [7, 11) is 0. The number of carbonyl (C=O) groups excluding carboxylic acids is 3. The average molecular weight is 362 g/mol. The number of Topliss-reactive ketones (excluding diaryl/α,β-unsaturated/α-hetero) is 1. The van der Waals surface area contributed by atoms with Crippen molar-refractivity contribution in [2.24, 2.45) is 5.41 Å². The summed E-state index contributed by atoms with van der Waals surface area (Å²) in [5.74, 6) is 0.308. The molecule has 1 aromatic heterocycles. The molecule has 6 heteroatoms. The Kier molecular flexibility index (Phi) is 5.00. The minimum atomic E-state index is -0.378. The molecule has 25 heavy (non-hydrogen) atoms. The Hall–Kier alpha value is -1.69. The van der Waals surface area contributed by atoms with Crippen molar-refractivity contribution in [2.75, 3.05) is 19.6 Å². The zero-order chi connectivity index (χ0) is 18.2. The van der Waals surface area contributed by atoms with Gasteiger partial charge in [0.2, 0.25) is 11.8 Å². The third kappa shape index (κ3) is 3.50. The highest BCUT2D eigenvalue weighted by Crippen LogP contribution is 2.40. The zero-order valence-electron chi connectivity index (χ0n) is 15.2. The van der Waals surface area contributed by atoms with Crippen LogP contribution in [-0.4, -0.2) is 53.1 Å². The van der Waals surface area contributed by atoms with Gasteiger partial charge in [-0.25, -0.2) is 0 Å². The molecule has 3 rings (SSSR count). The monoisotopic (exact) mass is 362 g/mol. The zero-order valence-corrected chi connectivity index (χ0v) is 16.0. The molecule has 2 aliphatic rings. The van der Waals surface area contributed by atoms with Crippen LogP contribution >= 0.6 is 11.3 Å². The number of nitrogens with zero attached hydrogens (tertiary/aromatic N) is 2. The molecule has 1 spiro atoms. The summed E-state index contributed by atoms with van der Waals surface area (Å²) in [6, 6.07) is 2.02. The molecule has 0 unspecified atom stereocenters. The van der Waals surface area contributed by atoms with Gasteiger partial charge in [-0.3, -0.25) is 14.4 Å². The van der Waals surface area contributed by atoms with Gasteiger partial charge in [0.15, 0.2) is 5.78 Å². The molecular weight excluding hydrogens is 336 g/mol. The molecule has 2 amide bonds. The van der Waals surface area contributed by atoms with E-state index in [0.717, 1.165) is 31.4 Å². The van der Waals surface area contributed by atoms with Gasteiger partial charge in [0.25, 0.3) is 0 Å². The molecule has 0 saturated carbocycles. The van der Waals surface area contributed by atoms with Crippen molar-refractivity contribution in [3.8, 4) is 0 Å². The number of amides is 2. The van der Waals surface area contributed by atoms with Gasteiger partial charge in [-0.2, -0.15) is 0 Å². The molecule has 0 bridgehead atoms. The van der Waals surface area contributed by atoms with E-state index in [1.54, 1.807) is 0 Å². The van der Waals surface area contributed by atoms with E-state index in [0.29, 0.717) is 24.4 Å². The van der Waals surface area contributed by atoms with E-state index in [2.05, 4.69) is 13.8 Å². The molecule has 2 fully saturated rings.